The van der Waals surface area contributed by atoms with Gasteiger partial charge in [0.05, 0.1) is 5.92 Å². The summed E-state index contributed by atoms with van der Waals surface area (Å²) in [7, 11) is 0. The number of nitrogens with zero attached hydrogens (tertiary/aromatic N) is 2. The van der Waals surface area contributed by atoms with E-state index < -0.39 is 0 Å². The Balaban J connectivity index is 2.36. The van der Waals surface area contributed by atoms with Crippen LogP contribution in [0.1, 0.15) is 36.8 Å². The number of likely N-dealkylation sites (N-methyl/N-ethyl adjacent to an activating group) is 1. The highest BCUT2D eigenvalue weighted by molar-refractivity contribution is 5.83. The molecule has 0 spiro atoms. The van der Waals surface area contributed by atoms with E-state index in [2.05, 4.69) is 15.5 Å². The second-order valence-corrected chi connectivity index (χ2v) is 4.82. The largest absolute Gasteiger partial charge is 0.421 e. The van der Waals surface area contributed by atoms with Gasteiger partial charge in [0.1, 0.15) is 0 Å². The zero-order valence-corrected chi connectivity index (χ0v) is 12.2. The summed E-state index contributed by atoms with van der Waals surface area (Å²) in [6, 6.07) is 5.88. The Morgan fingerprint density at radius 2 is 2.10 bits per heavy atom. The van der Waals surface area contributed by atoms with Gasteiger partial charge in [0.15, 0.2) is 0 Å². The Morgan fingerprint density at radius 3 is 2.70 bits per heavy atom. The van der Waals surface area contributed by atoms with E-state index in [-0.39, 0.29) is 11.8 Å². The number of carbonyl (C=O) groups is 1. The van der Waals surface area contributed by atoms with Crippen molar-refractivity contribution < 1.29 is 9.21 Å². The topological polar surface area (TPSA) is 68.0 Å². The third-order valence-corrected chi connectivity index (χ3v) is 3.26. The maximum Gasteiger partial charge on any atom is 0.247 e. The number of aromatic nitrogens is 2. The highest BCUT2D eigenvalue weighted by atomic mass is 16.4. The third kappa shape index (κ3) is 2.87. The van der Waals surface area contributed by atoms with Gasteiger partial charge in [-0.15, -0.1) is 10.2 Å². The SMILES string of the molecule is CCNC(=O)C(C)c1ccc(C)c(-c2nnc(C)o2)c1. The lowest BCUT2D eigenvalue weighted by molar-refractivity contribution is -0.122. The summed E-state index contributed by atoms with van der Waals surface area (Å²) in [6.07, 6.45) is 0. The molecule has 5 nitrogen and oxygen atoms in total. The second-order valence-electron chi connectivity index (χ2n) is 4.82. The van der Waals surface area contributed by atoms with Crippen LogP contribution in [0.25, 0.3) is 11.5 Å². The van der Waals surface area contributed by atoms with Crippen LogP contribution in [0, 0.1) is 13.8 Å². The predicted molar refractivity (Wildman–Crippen MR) is 76.3 cm³/mol. The number of benzene rings is 1. The molecule has 2 rings (SSSR count). The first kappa shape index (κ1) is 14.2. The molecule has 1 heterocycles. The summed E-state index contributed by atoms with van der Waals surface area (Å²) in [5.74, 6) is 0.828. The van der Waals surface area contributed by atoms with Crippen molar-refractivity contribution in [2.75, 3.05) is 6.54 Å². The minimum atomic E-state index is -0.210. The Bertz CT molecular complexity index is 619. The van der Waals surface area contributed by atoms with E-state index in [4.69, 9.17) is 4.42 Å². The van der Waals surface area contributed by atoms with Gasteiger partial charge in [0.2, 0.25) is 17.7 Å². The van der Waals surface area contributed by atoms with Crippen LogP contribution < -0.4 is 5.32 Å². The molecule has 5 heteroatoms. The van der Waals surface area contributed by atoms with E-state index in [1.165, 1.54) is 0 Å². The van der Waals surface area contributed by atoms with E-state index in [9.17, 15) is 4.79 Å². The van der Waals surface area contributed by atoms with Gasteiger partial charge in [-0.25, -0.2) is 0 Å². The first-order valence-electron chi connectivity index (χ1n) is 6.71. The molecule has 1 atom stereocenters. The van der Waals surface area contributed by atoms with E-state index in [0.717, 1.165) is 16.7 Å². The highest BCUT2D eigenvalue weighted by Crippen LogP contribution is 2.26. The Hall–Kier alpha value is -2.17. The fourth-order valence-electron chi connectivity index (χ4n) is 2.02. The molecule has 0 aliphatic rings. The number of nitrogens with one attached hydrogen (secondary N) is 1. The summed E-state index contributed by atoms with van der Waals surface area (Å²) < 4.78 is 5.47. The molecule has 0 saturated heterocycles. The van der Waals surface area contributed by atoms with Crippen LogP contribution in [0.15, 0.2) is 22.6 Å². The first-order chi connectivity index (χ1) is 9.52. The molecule has 20 heavy (non-hydrogen) atoms. The second kappa shape index (κ2) is 5.86. The van der Waals surface area contributed by atoms with Crippen LogP contribution in [0.2, 0.25) is 0 Å². The zero-order valence-electron chi connectivity index (χ0n) is 12.2. The molecule has 1 aromatic carbocycles. The van der Waals surface area contributed by atoms with Gasteiger partial charge in [-0.2, -0.15) is 0 Å². The van der Waals surface area contributed by atoms with Crippen molar-refractivity contribution in [2.45, 2.75) is 33.6 Å². The van der Waals surface area contributed by atoms with Crippen molar-refractivity contribution >= 4 is 5.91 Å². The zero-order chi connectivity index (χ0) is 14.7. The monoisotopic (exact) mass is 273 g/mol. The summed E-state index contributed by atoms with van der Waals surface area (Å²) in [5, 5.41) is 10.7. The van der Waals surface area contributed by atoms with Gasteiger partial charge < -0.3 is 9.73 Å². The standard InChI is InChI=1S/C15H19N3O2/c1-5-16-14(19)10(3)12-7-6-9(2)13(8-12)15-18-17-11(4)20-15/h6-8,10H,5H2,1-4H3,(H,16,19). The Morgan fingerprint density at radius 1 is 1.35 bits per heavy atom. The third-order valence-electron chi connectivity index (χ3n) is 3.26. The molecule has 0 bridgehead atoms. The fraction of sp³-hybridized carbons (Fsp3) is 0.400. The van der Waals surface area contributed by atoms with Crippen LogP contribution in [0.4, 0.5) is 0 Å². The minimum Gasteiger partial charge on any atom is -0.421 e. The average Bonchev–Trinajstić information content (AvgIpc) is 2.85. The molecule has 0 aliphatic heterocycles. The lowest BCUT2D eigenvalue weighted by Gasteiger charge is -2.13. The van der Waals surface area contributed by atoms with Crippen molar-refractivity contribution in [3.05, 3.63) is 35.2 Å². The number of hydrogen-bond donors (Lipinski definition) is 1. The van der Waals surface area contributed by atoms with Crippen molar-refractivity contribution in [3.63, 3.8) is 0 Å². The van der Waals surface area contributed by atoms with Gasteiger partial charge >= 0.3 is 0 Å². The molecule has 0 saturated carbocycles. The van der Waals surface area contributed by atoms with Gasteiger partial charge in [-0.05, 0) is 38.0 Å². The van der Waals surface area contributed by atoms with Gasteiger partial charge in [0, 0.05) is 19.0 Å². The molecule has 1 N–H and O–H groups in total. The van der Waals surface area contributed by atoms with Crippen molar-refractivity contribution in [1.82, 2.24) is 15.5 Å². The normalized spacial score (nSPS) is 12.2. The smallest absolute Gasteiger partial charge is 0.247 e. The number of rotatable bonds is 4. The quantitative estimate of drug-likeness (QED) is 0.929. The molecule has 1 unspecified atom stereocenters. The lowest BCUT2D eigenvalue weighted by Crippen LogP contribution is -2.27. The van der Waals surface area contributed by atoms with Crippen molar-refractivity contribution in [3.8, 4) is 11.5 Å². The summed E-state index contributed by atoms with van der Waals surface area (Å²) in [6.45, 7) is 8.16. The maximum atomic E-state index is 11.9. The molecule has 1 aromatic heterocycles. The van der Waals surface area contributed by atoms with Crippen molar-refractivity contribution in [2.24, 2.45) is 0 Å². The predicted octanol–water partition coefficient (Wildman–Crippen LogP) is 2.59. The molecule has 106 valence electrons. The lowest BCUT2D eigenvalue weighted by atomic mass is 9.96. The van der Waals surface area contributed by atoms with Crippen LogP contribution >= 0.6 is 0 Å². The van der Waals surface area contributed by atoms with Crippen molar-refractivity contribution in [1.29, 1.82) is 0 Å². The minimum absolute atomic E-state index is 0.0176. The highest BCUT2D eigenvalue weighted by Gasteiger charge is 2.17. The van der Waals surface area contributed by atoms with E-state index in [1.54, 1.807) is 6.92 Å². The molecular weight excluding hydrogens is 254 g/mol. The molecule has 0 aliphatic carbocycles. The van der Waals surface area contributed by atoms with E-state index in [1.807, 2.05) is 39.0 Å². The number of aryl methyl sites for hydroxylation is 2. The average molecular weight is 273 g/mol. The van der Waals surface area contributed by atoms with Crippen LogP contribution in [0.3, 0.4) is 0 Å². The first-order valence-corrected chi connectivity index (χ1v) is 6.71. The molecule has 0 radical (unpaired) electrons. The molecule has 0 fully saturated rings. The van der Waals surface area contributed by atoms with E-state index >= 15 is 0 Å². The Labute approximate surface area is 118 Å². The van der Waals surface area contributed by atoms with Gasteiger partial charge in [0.25, 0.3) is 0 Å². The maximum absolute atomic E-state index is 11.9. The Kier molecular flexibility index (Phi) is 4.17. The number of amides is 1. The molecular formula is C15H19N3O2. The van der Waals surface area contributed by atoms with Gasteiger partial charge in [-0.1, -0.05) is 12.1 Å². The van der Waals surface area contributed by atoms with E-state index in [0.29, 0.717) is 18.3 Å². The van der Waals surface area contributed by atoms with Gasteiger partial charge in [-0.3, -0.25) is 4.79 Å². The van der Waals surface area contributed by atoms with Crippen LogP contribution in [-0.2, 0) is 4.79 Å². The van der Waals surface area contributed by atoms with Crippen LogP contribution in [0.5, 0.6) is 0 Å². The summed E-state index contributed by atoms with van der Waals surface area (Å²) in [4.78, 5) is 11.9. The molecule has 2 aromatic rings. The number of carbonyl (C=O) groups excluding carboxylic acids is 1. The number of hydrogen-bond acceptors (Lipinski definition) is 4. The summed E-state index contributed by atoms with van der Waals surface area (Å²) >= 11 is 0. The molecule has 1 amide bonds. The fourth-order valence-corrected chi connectivity index (χ4v) is 2.02. The van der Waals surface area contributed by atoms with Crippen LogP contribution in [-0.4, -0.2) is 22.6 Å². The summed E-state index contributed by atoms with van der Waals surface area (Å²) in [5.41, 5.74) is 2.85.